The number of aromatic nitrogens is 4. The van der Waals surface area contributed by atoms with E-state index in [1.807, 2.05) is 11.6 Å². The molecule has 0 aliphatic carbocycles. The van der Waals surface area contributed by atoms with Crippen LogP contribution in [-0.4, -0.2) is 31.7 Å². The molecule has 1 N–H and O–H groups in total. The van der Waals surface area contributed by atoms with Crippen molar-refractivity contribution in [2.45, 2.75) is 38.8 Å². The first-order valence-corrected chi connectivity index (χ1v) is 9.29. The van der Waals surface area contributed by atoms with Crippen LogP contribution in [0.1, 0.15) is 38.3 Å². The number of benzene rings is 1. The Morgan fingerprint density at radius 1 is 1.38 bits per heavy atom. The van der Waals surface area contributed by atoms with E-state index in [1.165, 1.54) is 23.5 Å². The van der Waals surface area contributed by atoms with Crippen molar-refractivity contribution in [3.05, 3.63) is 63.4 Å². The van der Waals surface area contributed by atoms with E-state index in [0.29, 0.717) is 17.8 Å². The molecule has 134 valence electrons. The lowest BCUT2D eigenvalue weighted by molar-refractivity contribution is 0.0930. The average molecular weight is 371 g/mol. The van der Waals surface area contributed by atoms with Crippen LogP contribution in [0.3, 0.4) is 0 Å². The number of thiazole rings is 1. The lowest BCUT2D eigenvalue weighted by Crippen LogP contribution is -2.41. The van der Waals surface area contributed by atoms with Crippen LogP contribution in [-0.2, 0) is 19.4 Å². The molecule has 26 heavy (non-hydrogen) atoms. The highest BCUT2D eigenvalue weighted by atomic mass is 32.1. The minimum Gasteiger partial charge on any atom is -0.347 e. The smallest absolute Gasteiger partial charge is 0.263 e. The van der Waals surface area contributed by atoms with Gasteiger partial charge >= 0.3 is 0 Å². The van der Waals surface area contributed by atoms with E-state index >= 15 is 0 Å². The summed E-state index contributed by atoms with van der Waals surface area (Å²) >= 11 is 1.37. The van der Waals surface area contributed by atoms with Gasteiger partial charge in [0.1, 0.15) is 22.3 Å². The summed E-state index contributed by atoms with van der Waals surface area (Å²) in [4.78, 5) is 21.8. The minimum atomic E-state index is -0.258. The van der Waals surface area contributed by atoms with E-state index in [4.69, 9.17) is 0 Å². The molecular weight excluding hydrogens is 353 g/mol. The second-order valence-electron chi connectivity index (χ2n) is 6.39. The van der Waals surface area contributed by atoms with Gasteiger partial charge in [-0.1, -0.05) is 12.1 Å². The number of carbonyl (C=O) groups is 1. The maximum atomic E-state index is 13.0. The summed E-state index contributed by atoms with van der Waals surface area (Å²) in [6, 6.07) is 6.37. The molecule has 8 heteroatoms. The van der Waals surface area contributed by atoms with Crippen LogP contribution in [0.4, 0.5) is 4.39 Å². The number of hydrogen-bond donors (Lipinski definition) is 1. The minimum absolute atomic E-state index is 0.0405. The van der Waals surface area contributed by atoms with E-state index in [-0.39, 0.29) is 17.8 Å². The van der Waals surface area contributed by atoms with E-state index in [1.54, 1.807) is 18.3 Å². The zero-order valence-corrected chi connectivity index (χ0v) is 15.1. The summed E-state index contributed by atoms with van der Waals surface area (Å²) < 4.78 is 14.8. The molecule has 3 aromatic rings. The lowest BCUT2D eigenvalue weighted by Gasteiger charge is -2.23. The quantitative estimate of drug-likeness (QED) is 0.765. The first-order valence-electron chi connectivity index (χ1n) is 8.47. The van der Waals surface area contributed by atoms with E-state index < -0.39 is 0 Å². The number of nitrogens with zero attached hydrogens (tertiary/aromatic N) is 4. The number of rotatable bonds is 4. The Labute approximate surface area is 154 Å². The normalized spacial score (nSPS) is 16.3. The third-order valence-electron chi connectivity index (χ3n) is 4.35. The fourth-order valence-corrected chi connectivity index (χ4v) is 3.94. The van der Waals surface area contributed by atoms with Crippen molar-refractivity contribution in [1.29, 1.82) is 0 Å². The van der Waals surface area contributed by atoms with Crippen LogP contribution in [0.15, 0.2) is 30.5 Å². The summed E-state index contributed by atoms with van der Waals surface area (Å²) in [7, 11) is 0. The van der Waals surface area contributed by atoms with Crippen molar-refractivity contribution >= 4 is 17.2 Å². The molecule has 0 saturated heterocycles. The zero-order chi connectivity index (χ0) is 18.1. The standard InChI is InChI=1S/C18H18FN5OS/c1-11-21-16-7-6-14(10-24(16)23-11)22-18(25)15-9-20-17(26-15)8-12-2-4-13(19)5-3-12/h2-5,9,14H,6-8,10H2,1H3,(H,22,25). The van der Waals surface area contributed by atoms with Gasteiger partial charge in [0.05, 0.1) is 17.7 Å². The maximum absolute atomic E-state index is 13.0. The Morgan fingerprint density at radius 2 is 2.19 bits per heavy atom. The molecule has 0 spiro atoms. The number of aryl methyl sites for hydroxylation is 2. The highest BCUT2D eigenvalue weighted by Gasteiger charge is 2.23. The molecule has 0 fully saturated rings. The van der Waals surface area contributed by atoms with Gasteiger partial charge in [-0.3, -0.25) is 4.79 Å². The van der Waals surface area contributed by atoms with Gasteiger partial charge in [0.15, 0.2) is 0 Å². The van der Waals surface area contributed by atoms with Crippen molar-refractivity contribution < 1.29 is 9.18 Å². The summed E-state index contributed by atoms with van der Waals surface area (Å²) in [5.74, 6) is 1.37. The molecule has 4 rings (SSSR count). The first-order chi connectivity index (χ1) is 12.6. The van der Waals surface area contributed by atoms with Crippen LogP contribution in [0.25, 0.3) is 0 Å². The van der Waals surface area contributed by atoms with E-state index in [0.717, 1.165) is 35.1 Å². The van der Waals surface area contributed by atoms with Crippen molar-refractivity contribution in [1.82, 2.24) is 25.1 Å². The molecule has 0 bridgehead atoms. The Balaban J connectivity index is 1.38. The largest absolute Gasteiger partial charge is 0.347 e. The number of halogens is 1. The first kappa shape index (κ1) is 16.8. The summed E-state index contributed by atoms with van der Waals surface area (Å²) in [6.45, 7) is 2.52. The monoisotopic (exact) mass is 371 g/mol. The van der Waals surface area contributed by atoms with E-state index in [9.17, 15) is 9.18 Å². The molecule has 3 heterocycles. The van der Waals surface area contributed by atoms with Gasteiger partial charge in [-0.2, -0.15) is 5.10 Å². The maximum Gasteiger partial charge on any atom is 0.263 e. The van der Waals surface area contributed by atoms with Crippen molar-refractivity contribution in [3.63, 3.8) is 0 Å². The van der Waals surface area contributed by atoms with Crippen LogP contribution in [0, 0.1) is 12.7 Å². The third-order valence-corrected chi connectivity index (χ3v) is 5.34. The topological polar surface area (TPSA) is 72.7 Å². The molecule has 1 unspecified atom stereocenters. The molecule has 1 aromatic carbocycles. The fourth-order valence-electron chi connectivity index (χ4n) is 3.08. The summed E-state index contributed by atoms with van der Waals surface area (Å²) in [5, 5.41) is 8.25. The van der Waals surface area contributed by atoms with E-state index in [2.05, 4.69) is 20.4 Å². The van der Waals surface area contributed by atoms with Crippen molar-refractivity contribution in [3.8, 4) is 0 Å². The van der Waals surface area contributed by atoms with Gasteiger partial charge in [-0.25, -0.2) is 19.0 Å². The molecule has 1 aliphatic rings. The average Bonchev–Trinajstić information content (AvgIpc) is 3.22. The molecule has 0 saturated carbocycles. The van der Waals surface area contributed by atoms with Crippen molar-refractivity contribution in [2.75, 3.05) is 0 Å². The van der Waals surface area contributed by atoms with Gasteiger partial charge in [-0.05, 0) is 31.0 Å². The molecule has 1 atom stereocenters. The summed E-state index contributed by atoms with van der Waals surface area (Å²) in [6.07, 6.45) is 3.85. The highest BCUT2D eigenvalue weighted by Crippen LogP contribution is 2.19. The van der Waals surface area contributed by atoms with Crippen LogP contribution in [0.2, 0.25) is 0 Å². The molecule has 1 aliphatic heterocycles. The van der Waals surface area contributed by atoms with Gasteiger partial charge in [0.25, 0.3) is 5.91 Å². The van der Waals surface area contributed by atoms with Crippen LogP contribution < -0.4 is 5.32 Å². The lowest BCUT2D eigenvalue weighted by atomic mass is 10.1. The van der Waals surface area contributed by atoms with Crippen LogP contribution >= 0.6 is 11.3 Å². The SMILES string of the molecule is Cc1nc2n(n1)CC(NC(=O)c1cnc(Cc3ccc(F)cc3)s1)CC2. The molecule has 0 radical (unpaired) electrons. The molecule has 2 aromatic heterocycles. The van der Waals surface area contributed by atoms with Gasteiger partial charge < -0.3 is 5.32 Å². The number of carbonyl (C=O) groups excluding carboxylic acids is 1. The predicted molar refractivity (Wildman–Crippen MR) is 95.7 cm³/mol. The van der Waals surface area contributed by atoms with Crippen molar-refractivity contribution in [2.24, 2.45) is 0 Å². The summed E-state index contributed by atoms with van der Waals surface area (Å²) in [5.41, 5.74) is 0.967. The fraction of sp³-hybridized carbons (Fsp3) is 0.333. The van der Waals surface area contributed by atoms with Gasteiger partial charge in [-0.15, -0.1) is 11.3 Å². The Morgan fingerprint density at radius 3 is 3.00 bits per heavy atom. The highest BCUT2D eigenvalue weighted by molar-refractivity contribution is 7.13. The number of amides is 1. The Kier molecular flexibility index (Phi) is 4.50. The van der Waals surface area contributed by atoms with Crippen LogP contribution in [0.5, 0.6) is 0 Å². The third kappa shape index (κ3) is 3.65. The molecule has 6 nitrogen and oxygen atoms in total. The number of nitrogens with one attached hydrogen (secondary N) is 1. The Hall–Kier alpha value is -2.61. The zero-order valence-electron chi connectivity index (χ0n) is 14.3. The Bertz CT molecular complexity index is 933. The predicted octanol–water partition coefficient (Wildman–Crippen LogP) is 2.52. The van der Waals surface area contributed by atoms with Gasteiger partial charge in [0.2, 0.25) is 0 Å². The molecule has 1 amide bonds. The second-order valence-corrected chi connectivity index (χ2v) is 7.50. The number of fused-ring (bicyclic) bond motifs is 1. The molecular formula is C18H18FN5OS. The second kappa shape index (κ2) is 6.95. The van der Waals surface area contributed by atoms with Gasteiger partial charge in [0, 0.05) is 18.9 Å². The number of hydrogen-bond acceptors (Lipinski definition) is 5.